The molecule has 0 aliphatic carbocycles. The Bertz CT molecular complexity index is 431. The SMILES string of the molecule is C=C(C(=O)O)c1ccc(C(=O)OC)n1C. The minimum Gasteiger partial charge on any atom is -0.478 e. The maximum atomic E-state index is 11.2. The summed E-state index contributed by atoms with van der Waals surface area (Å²) in [6.45, 7) is 3.41. The fourth-order valence-corrected chi connectivity index (χ4v) is 1.23. The van der Waals surface area contributed by atoms with Gasteiger partial charge >= 0.3 is 11.9 Å². The minimum absolute atomic E-state index is 0.0624. The summed E-state index contributed by atoms with van der Waals surface area (Å²) < 4.78 is 5.97. The molecule has 0 amide bonds. The molecule has 1 aromatic rings. The molecule has 0 fully saturated rings. The summed E-state index contributed by atoms with van der Waals surface area (Å²) in [6.07, 6.45) is 0. The van der Waals surface area contributed by atoms with Crippen molar-refractivity contribution in [2.45, 2.75) is 0 Å². The molecular weight excluding hydrogens is 198 g/mol. The van der Waals surface area contributed by atoms with Crippen LogP contribution in [-0.4, -0.2) is 28.7 Å². The average molecular weight is 209 g/mol. The Kier molecular flexibility index (Phi) is 2.94. The van der Waals surface area contributed by atoms with E-state index in [1.165, 1.54) is 23.8 Å². The maximum Gasteiger partial charge on any atom is 0.354 e. The van der Waals surface area contributed by atoms with Gasteiger partial charge in [0.15, 0.2) is 0 Å². The summed E-state index contributed by atoms with van der Waals surface area (Å²) in [6, 6.07) is 3.01. The second-order valence-corrected chi connectivity index (χ2v) is 2.94. The Morgan fingerprint density at radius 3 is 2.40 bits per heavy atom. The van der Waals surface area contributed by atoms with Gasteiger partial charge in [0, 0.05) is 7.05 Å². The van der Waals surface area contributed by atoms with E-state index in [4.69, 9.17) is 5.11 Å². The van der Waals surface area contributed by atoms with Crippen molar-refractivity contribution in [2.75, 3.05) is 7.11 Å². The quantitative estimate of drug-likeness (QED) is 0.593. The van der Waals surface area contributed by atoms with E-state index in [-0.39, 0.29) is 11.3 Å². The van der Waals surface area contributed by atoms with Gasteiger partial charge < -0.3 is 14.4 Å². The number of esters is 1. The van der Waals surface area contributed by atoms with Crippen LogP contribution in [0.3, 0.4) is 0 Å². The highest BCUT2D eigenvalue weighted by molar-refractivity contribution is 6.14. The molecule has 0 aliphatic rings. The van der Waals surface area contributed by atoms with Crippen molar-refractivity contribution < 1.29 is 19.4 Å². The molecule has 1 heterocycles. The third kappa shape index (κ3) is 1.90. The van der Waals surface area contributed by atoms with Crippen molar-refractivity contribution in [3.05, 3.63) is 30.1 Å². The summed E-state index contributed by atoms with van der Waals surface area (Å²) in [7, 11) is 2.84. The molecule has 1 N–H and O–H groups in total. The van der Waals surface area contributed by atoms with Gasteiger partial charge in [-0.2, -0.15) is 0 Å². The first-order valence-corrected chi connectivity index (χ1v) is 4.15. The molecule has 0 atom stereocenters. The zero-order valence-corrected chi connectivity index (χ0v) is 8.48. The predicted octanol–water partition coefficient (Wildman–Crippen LogP) is 0.909. The number of carbonyl (C=O) groups is 2. The van der Waals surface area contributed by atoms with E-state index in [1.807, 2.05) is 0 Å². The van der Waals surface area contributed by atoms with Crippen LogP contribution in [0.25, 0.3) is 5.57 Å². The van der Waals surface area contributed by atoms with Gasteiger partial charge in [-0.15, -0.1) is 0 Å². The molecule has 0 aliphatic heterocycles. The number of carboxylic acids is 1. The van der Waals surface area contributed by atoms with Crippen LogP contribution in [0.4, 0.5) is 0 Å². The smallest absolute Gasteiger partial charge is 0.354 e. The molecule has 15 heavy (non-hydrogen) atoms. The van der Waals surface area contributed by atoms with E-state index in [1.54, 1.807) is 7.05 Å². The molecule has 1 rings (SSSR count). The molecule has 0 saturated carbocycles. The van der Waals surface area contributed by atoms with Crippen LogP contribution in [0.1, 0.15) is 16.2 Å². The second-order valence-electron chi connectivity index (χ2n) is 2.94. The van der Waals surface area contributed by atoms with Crippen LogP contribution in [0.15, 0.2) is 18.7 Å². The Labute approximate surface area is 86.6 Å². The number of aromatic nitrogens is 1. The third-order valence-corrected chi connectivity index (χ3v) is 2.08. The van der Waals surface area contributed by atoms with Gasteiger partial charge in [-0.25, -0.2) is 9.59 Å². The standard InChI is InChI=1S/C10H11NO4/c1-6(9(12)13)7-4-5-8(11(7)2)10(14)15-3/h4-5H,1H2,2-3H3,(H,12,13). The number of nitrogens with zero attached hydrogens (tertiary/aromatic N) is 1. The first-order chi connectivity index (χ1) is 6.99. The molecule has 0 bridgehead atoms. The number of aliphatic carboxylic acids is 1. The van der Waals surface area contributed by atoms with E-state index < -0.39 is 11.9 Å². The zero-order valence-electron chi connectivity index (χ0n) is 8.48. The largest absolute Gasteiger partial charge is 0.478 e. The Morgan fingerprint density at radius 1 is 1.40 bits per heavy atom. The van der Waals surface area contributed by atoms with Crippen molar-refractivity contribution in [1.29, 1.82) is 0 Å². The van der Waals surface area contributed by atoms with E-state index in [9.17, 15) is 9.59 Å². The lowest BCUT2D eigenvalue weighted by atomic mass is 10.2. The van der Waals surface area contributed by atoms with Crippen LogP contribution < -0.4 is 0 Å². The molecule has 0 radical (unpaired) electrons. The monoisotopic (exact) mass is 209 g/mol. The molecule has 0 aromatic carbocycles. The summed E-state index contributed by atoms with van der Waals surface area (Å²) in [5.74, 6) is -1.63. The fourth-order valence-electron chi connectivity index (χ4n) is 1.23. The highest BCUT2D eigenvalue weighted by Gasteiger charge is 2.17. The Hall–Kier alpha value is -2.04. The topological polar surface area (TPSA) is 68.5 Å². The minimum atomic E-state index is -1.12. The normalized spacial score (nSPS) is 9.73. The van der Waals surface area contributed by atoms with Crippen molar-refractivity contribution in [3.63, 3.8) is 0 Å². The lowest BCUT2D eigenvalue weighted by molar-refractivity contribution is -0.130. The fraction of sp³-hybridized carbons (Fsp3) is 0.200. The molecule has 0 saturated heterocycles. The van der Waals surface area contributed by atoms with Crippen molar-refractivity contribution >= 4 is 17.5 Å². The van der Waals surface area contributed by atoms with E-state index in [2.05, 4.69) is 11.3 Å². The molecule has 0 spiro atoms. The second kappa shape index (κ2) is 4.00. The highest BCUT2D eigenvalue weighted by Crippen LogP contribution is 2.16. The number of hydrogen-bond acceptors (Lipinski definition) is 3. The van der Waals surface area contributed by atoms with Gasteiger partial charge in [0.05, 0.1) is 18.4 Å². The van der Waals surface area contributed by atoms with E-state index in [0.29, 0.717) is 5.69 Å². The van der Waals surface area contributed by atoms with Crippen LogP contribution in [0.5, 0.6) is 0 Å². The van der Waals surface area contributed by atoms with Crippen LogP contribution >= 0.6 is 0 Å². The number of rotatable bonds is 3. The van der Waals surface area contributed by atoms with Crippen molar-refractivity contribution in [3.8, 4) is 0 Å². The predicted molar refractivity (Wildman–Crippen MR) is 53.4 cm³/mol. The Morgan fingerprint density at radius 2 is 1.93 bits per heavy atom. The number of carboxylic acid groups (broad SMARTS) is 1. The van der Waals surface area contributed by atoms with Crippen molar-refractivity contribution in [2.24, 2.45) is 7.05 Å². The van der Waals surface area contributed by atoms with Crippen molar-refractivity contribution in [1.82, 2.24) is 4.57 Å². The average Bonchev–Trinajstić information content (AvgIpc) is 2.57. The van der Waals surface area contributed by atoms with Gasteiger partial charge in [-0.3, -0.25) is 0 Å². The molecule has 5 nitrogen and oxygen atoms in total. The number of carbonyl (C=O) groups excluding carboxylic acids is 1. The summed E-state index contributed by atoms with van der Waals surface area (Å²) in [4.78, 5) is 21.9. The Balaban J connectivity index is 3.15. The lowest BCUT2D eigenvalue weighted by Gasteiger charge is -2.05. The maximum absolute atomic E-state index is 11.2. The van der Waals surface area contributed by atoms with Gasteiger partial charge in [0.25, 0.3) is 0 Å². The molecule has 1 aromatic heterocycles. The molecule has 5 heteroatoms. The van der Waals surface area contributed by atoms with Gasteiger partial charge in [0.1, 0.15) is 5.69 Å². The number of methoxy groups -OCH3 is 1. The third-order valence-electron chi connectivity index (χ3n) is 2.08. The van der Waals surface area contributed by atoms with Gasteiger partial charge in [-0.1, -0.05) is 6.58 Å². The molecular formula is C10H11NO4. The number of ether oxygens (including phenoxy) is 1. The van der Waals surface area contributed by atoms with E-state index >= 15 is 0 Å². The van der Waals surface area contributed by atoms with Crippen LogP contribution in [0.2, 0.25) is 0 Å². The summed E-state index contributed by atoms with van der Waals surface area (Å²) in [5.41, 5.74) is 0.602. The zero-order chi connectivity index (χ0) is 11.6. The van der Waals surface area contributed by atoms with Gasteiger partial charge in [0.2, 0.25) is 0 Å². The first-order valence-electron chi connectivity index (χ1n) is 4.15. The van der Waals surface area contributed by atoms with E-state index in [0.717, 1.165) is 0 Å². The summed E-state index contributed by atoms with van der Waals surface area (Å²) in [5, 5.41) is 8.74. The first kappa shape index (κ1) is 11.0. The molecule has 0 unspecified atom stereocenters. The molecule has 80 valence electrons. The highest BCUT2D eigenvalue weighted by atomic mass is 16.5. The lowest BCUT2D eigenvalue weighted by Crippen LogP contribution is -2.10. The van der Waals surface area contributed by atoms with Crippen LogP contribution in [-0.2, 0) is 16.6 Å². The summed E-state index contributed by atoms with van der Waals surface area (Å²) >= 11 is 0. The number of hydrogen-bond donors (Lipinski definition) is 1. The van der Waals surface area contributed by atoms with Gasteiger partial charge in [-0.05, 0) is 12.1 Å². The van der Waals surface area contributed by atoms with Crippen LogP contribution in [0, 0.1) is 0 Å².